The van der Waals surface area contributed by atoms with E-state index in [-0.39, 0.29) is 17.9 Å². The molecule has 24 heavy (non-hydrogen) atoms. The Morgan fingerprint density at radius 3 is 2.08 bits per heavy atom. The van der Waals surface area contributed by atoms with Crippen LogP contribution in [0.1, 0.15) is 31.2 Å². The first-order valence-corrected chi connectivity index (χ1v) is 7.19. The summed E-state index contributed by atoms with van der Waals surface area (Å²) in [5.41, 5.74) is -0.759. The van der Waals surface area contributed by atoms with Gasteiger partial charge in [-0.25, -0.2) is 17.6 Å². The topological polar surface area (TPSA) is 53.9 Å². The van der Waals surface area contributed by atoms with E-state index >= 15 is 0 Å². The summed E-state index contributed by atoms with van der Waals surface area (Å²) in [6, 6.07) is 0.165. The van der Waals surface area contributed by atoms with Crippen LogP contribution in [0, 0.1) is 23.3 Å². The van der Waals surface area contributed by atoms with Crippen molar-refractivity contribution in [3.8, 4) is 0 Å². The Hall–Kier alpha value is -2.45. The van der Waals surface area contributed by atoms with E-state index in [0.717, 1.165) is 0 Å². The number of hydrogen-bond donors (Lipinski definition) is 1. The summed E-state index contributed by atoms with van der Waals surface area (Å²) >= 11 is 0. The van der Waals surface area contributed by atoms with Crippen molar-refractivity contribution in [2.24, 2.45) is 0 Å². The van der Waals surface area contributed by atoms with E-state index in [1.165, 1.54) is 0 Å². The molecule has 0 saturated carbocycles. The van der Waals surface area contributed by atoms with Crippen LogP contribution < -0.4 is 10.2 Å². The largest absolute Gasteiger partial charge is 0.350 e. The molecule has 0 aliphatic rings. The molecule has 0 radical (unpaired) electrons. The highest BCUT2D eigenvalue weighted by atomic mass is 19.2. The van der Waals surface area contributed by atoms with Crippen molar-refractivity contribution in [3.63, 3.8) is 0 Å². The molecular weight excluding hydrogens is 326 g/mol. The fourth-order valence-corrected chi connectivity index (χ4v) is 1.86. The standard InChI is InChI=1S/C15H17F4N5/c1-7(2)13-21-14(23-15(22-13)24(3)4)20-6-8-11(18)9(16)5-10(17)12(8)19/h5,7H,6H2,1-4H3,(H,20,21,22,23). The van der Waals surface area contributed by atoms with Crippen LogP contribution in [0.2, 0.25) is 0 Å². The van der Waals surface area contributed by atoms with Crippen molar-refractivity contribution in [1.82, 2.24) is 15.0 Å². The number of anilines is 2. The Morgan fingerprint density at radius 2 is 1.58 bits per heavy atom. The quantitative estimate of drug-likeness (QED) is 0.667. The molecule has 1 aromatic carbocycles. The van der Waals surface area contributed by atoms with Gasteiger partial charge in [0.1, 0.15) is 5.82 Å². The average molecular weight is 343 g/mol. The molecule has 1 N–H and O–H groups in total. The molecule has 0 amide bonds. The fourth-order valence-electron chi connectivity index (χ4n) is 1.86. The summed E-state index contributed by atoms with van der Waals surface area (Å²) in [5, 5.41) is 2.59. The van der Waals surface area contributed by atoms with Gasteiger partial charge in [0.15, 0.2) is 23.3 Å². The SMILES string of the molecule is CC(C)c1nc(NCc2c(F)c(F)cc(F)c2F)nc(N(C)C)n1. The lowest BCUT2D eigenvalue weighted by molar-refractivity contribution is 0.441. The van der Waals surface area contributed by atoms with E-state index < -0.39 is 35.4 Å². The minimum atomic E-state index is -1.46. The Labute approximate surface area is 136 Å². The highest BCUT2D eigenvalue weighted by Crippen LogP contribution is 2.21. The lowest BCUT2D eigenvalue weighted by Gasteiger charge is -2.15. The molecule has 2 rings (SSSR count). The van der Waals surface area contributed by atoms with Crippen LogP contribution in [0.15, 0.2) is 6.07 Å². The molecule has 0 unspecified atom stereocenters. The summed E-state index contributed by atoms with van der Waals surface area (Å²) in [4.78, 5) is 14.1. The summed E-state index contributed by atoms with van der Waals surface area (Å²) in [6.45, 7) is 3.24. The van der Waals surface area contributed by atoms with E-state index in [1.807, 2.05) is 13.8 Å². The maximum absolute atomic E-state index is 13.7. The molecule has 9 heteroatoms. The molecule has 5 nitrogen and oxygen atoms in total. The molecule has 2 aromatic rings. The molecule has 0 spiro atoms. The van der Waals surface area contributed by atoms with Gasteiger partial charge in [0.25, 0.3) is 0 Å². The molecule has 0 bridgehead atoms. The second-order valence-corrected chi connectivity index (χ2v) is 5.67. The van der Waals surface area contributed by atoms with Crippen molar-refractivity contribution in [1.29, 1.82) is 0 Å². The average Bonchev–Trinajstić information content (AvgIpc) is 2.52. The van der Waals surface area contributed by atoms with Crippen LogP contribution >= 0.6 is 0 Å². The van der Waals surface area contributed by atoms with Crippen LogP contribution in [-0.2, 0) is 6.54 Å². The summed E-state index contributed by atoms with van der Waals surface area (Å²) in [5.74, 6) is -4.95. The van der Waals surface area contributed by atoms with Crippen LogP contribution in [0.3, 0.4) is 0 Å². The highest BCUT2D eigenvalue weighted by Gasteiger charge is 2.19. The number of hydrogen-bond acceptors (Lipinski definition) is 5. The zero-order valence-electron chi connectivity index (χ0n) is 13.7. The summed E-state index contributed by atoms with van der Waals surface area (Å²) in [6.07, 6.45) is 0. The van der Waals surface area contributed by atoms with Gasteiger partial charge in [-0.2, -0.15) is 15.0 Å². The summed E-state index contributed by atoms with van der Waals surface area (Å²) < 4.78 is 53.8. The second-order valence-electron chi connectivity index (χ2n) is 5.67. The van der Waals surface area contributed by atoms with Gasteiger partial charge in [0.05, 0.1) is 0 Å². The molecule has 130 valence electrons. The van der Waals surface area contributed by atoms with Crippen LogP contribution in [0.25, 0.3) is 0 Å². The smallest absolute Gasteiger partial charge is 0.229 e. The van der Waals surface area contributed by atoms with Crippen molar-refractivity contribution in [2.45, 2.75) is 26.3 Å². The third kappa shape index (κ3) is 3.72. The minimum Gasteiger partial charge on any atom is -0.350 e. The maximum Gasteiger partial charge on any atom is 0.229 e. The third-order valence-electron chi connectivity index (χ3n) is 3.18. The normalized spacial score (nSPS) is 11.0. The number of benzene rings is 1. The monoisotopic (exact) mass is 343 g/mol. The highest BCUT2D eigenvalue weighted by molar-refractivity contribution is 5.37. The van der Waals surface area contributed by atoms with Gasteiger partial charge >= 0.3 is 0 Å². The van der Waals surface area contributed by atoms with Crippen molar-refractivity contribution >= 4 is 11.9 Å². The van der Waals surface area contributed by atoms with Crippen LogP contribution in [0.4, 0.5) is 29.5 Å². The third-order valence-corrected chi connectivity index (χ3v) is 3.18. The van der Waals surface area contributed by atoms with E-state index in [4.69, 9.17) is 0 Å². The van der Waals surface area contributed by atoms with Crippen LogP contribution in [-0.4, -0.2) is 29.0 Å². The molecule has 0 saturated heterocycles. The molecule has 1 heterocycles. The maximum atomic E-state index is 13.7. The van der Waals surface area contributed by atoms with Gasteiger partial charge in [0.2, 0.25) is 11.9 Å². The number of aromatic nitrogens is 3. The Bertz CT molecular complexity index is 697. The number of rotatable bonds is 5. The Balaban J connectivity index is 2.33. The predicted octanol–water partition coefficient (Wildman–Crippen LogP) is 3.23. The number of nitrogens with one attached hydrogen (secondary N) is 1. The van der Waals surface area contributed by atoms with Gasteiger partial charge in [0, 0.05) is 38.2 Å². The number of halogens is 4. The van der Waals surface area contributed by atoms with E-state index in [2.05, 4.69) is 20.3 Å². The van der Waals surface area contributed by atoms with Crippen LogP contribution in [0.5, 0.6) is 0 Å². The molecular formula is C15H17F4N5. The first-order chi connectivity index (χ1) is 11.2. The first-order valence-electron chi connectivity index (χ1n) is 7.19. The first kappa shape index (κ1) is 17.9. The molecule has 0 aliphatic heterocycles. The zero-order chi connectivity index (χ0) is 18.0. The molecule has 0 aliphatic carbocycles. The Kier molecular flexibility index (Phi) is 5.20. The van der Waals surface area contributed by atoms with Gasteiger partial charge in [-0.05, 0) is 0 Å². The van der Waals surface area contributed by atoms with Crippen molar-refractivity contribution in [3.05, 3.63) is 40.7 Å². The lowest BCUT2D eigenvalue weighted by atomic mass is 10.2. The predicted molar refractivity (Wildman–Crippen MR) is 81.8 cm³/mol. The Morgan fingerprint density at radius 1 is 1.00 bits per heavy atom. The second kappa shape index (κ2) is 6.98. The zero-order valence-corrected chi connectivity index (χ0v) is 13.7. The van der Waals surface area contributed by atoms with E-state index in [9.17, 15) is 17.6 Å². The van der Waals surface area contributed by atoms with Gasteiger partial charge in [-0.15, -0.1) is 0 Å². The van der Waals surface area contributed by atoms with Gasteiger partial charge < -0.3 is 10.2 Å². The fraction of sp³-hybridized carbons (Fsp3) is 0.400. The van der Waals surface area contributed by atoms with E-state index in [0.29, 0.717) is 11.8 Å². The molecule has 0 atom stereocenters. The molecule has 0 fully saturated rings. The lowest BCUT2D eigenvalue weighted by Crippen LogP contribution is -2.18. The van der Waals surface area contributed by atoms with Gasteiger partial charge in [-0.1, -0.05) is 13.8 Å². The minimum absolute atomic E-state index is 0.00710. The summed E-state index contributed by atoms with van der Waals surface area (Å²) in [7, 11) is 3.45. The van der Waals surface area contributed by atoms with E-state index in [1.54, 1.807) is 19.0 Å². The molecule has 1 aromatic heterocycles. The van der Waals surface area contributed by atoms with Gasteiger partial charge in [-0.3, -0.25) is 0 Å². The van der Waals surface area contributed by atoms with Crippen molar-refractivity contribution in [2.75, 3.05) is 24.3 Å². The van der Waals surface area contributed by atoms with Crippen molar-refractivity contribution < 1.29 is 17.6 Å². The number of nitrogens with zero attached hydrogens (tertiary/aromatic N) is 4.